The summed E-state index contributed by atoms with van der Waals surface area (Å²) < 4.78 is 9.10. The highest BCUT2D eigenvalue weighted by Crippen LogP contribution is 2.36. The summed E-state index contributed by atoms with van der Waals surface area (Å²) in [6.07, 6.45) is 1.59. The summed E-state index contributed by atoms with van der Waals surface area (Å²) in [5.74, 6) is 0.773. The molecule has 8 heteroatoms. The highest BCUT2D eigenvalue weighted by molar-refractivity contribution is 9.11. The molecule has 2 aromatic heterocycles. The van der Waals surface area contributed by atoms with Crippen LogP contribution in [0.1, 0.15) is 26.3 Å². The number of fused-ring (bicyclic) bond motifs is 1. The first-order chi connectivity index (χ1) is 11.8. The molecule has 0 saturated heterocycles. The number of ether oxygens (including phenoxy) is 1. The third kappa shape index (κ3) is 3.83. The van der Waals surface area contributed by atoms with Gasteiger partial charge in [0.05, 0.1) is 9.99 Å². The molecule has 3 rings (SSSR count). The zero-order chi connectivity index (χ0) is 18.2. The Balaban J connectivity index is 2.00. The summed E-state index contributed by atoms with van der Waals surface area (Å²) in [4.78, 5) is 4.17. The van der Waals surface area contributed by atoms with E-state index in [-0.39, 0.29) is 11.3 Å². The minimum atomic E-state index is 0.0886. The van der Waals surface area contributed by atoms with E-state index in [4.69, 9.17) is 4.74 Å². The van der Waals surface area contributed by atoms with Gasteiger partial charge in [-0.25, -0.2) is 9.67 Å². The molecule has 0 atom stereocenters. The van der Waals surface area contributed by atoms with Gasteiger partial charge < -0.3 is 4.74 Å². The van der Waals surface area contributed by atoms with E-state index < -0.39 is 0 Å². The molecule has 3 aromatic rings. The lowest BCUT2D eigenvalue weighted by atomic mass is 9.97. The van der Waals surface area contributed by atoms with Crippen molar-refractivity contribution in [2.24, 2.45) is 5.41 Å². The Hall–Kier alpha value is -1.98. The number of rotatable bonds is 3. The quantitative estimate of drug-likeness (QED) is 0.541. The van der Waals surface area contributed by atoms with Crippen molar-refractivity contribution in [3.63, 3.8) is 0 Å². The molecular weight excluding hydrogens is 450 g/mol. The Labute approximate surface area is 162 Å². The van der Waals surface area contributed by atoms with Crippen LogP contribution in [0.4, 0.5) is 0 Å². The van der Waals surface area contributed by atoms with Crippen LogP contribution in [0.2, 0.25) is 0 Å². The van der Waals surface area contributed by atoms with E-state index in [1.165, 1.54) is 0 Å². The SMILES string of the molecule is CC(C)(C)Cn1nnc2c(Br)c(Oc3ncc(Br)cc3C#N)ccc21. The van der Waals surface area contributed by atoms with Crippen LogP contribution in [0.5, 0.6) is 11.6 Å². The van der Waals surface area contributed by atoms with Gasteiger partial charge in [-0.05, 0) is 55.5 Å². The fraction of sp³-hybridized carbons (Fsp3) is 0.294. The minimum Gasteiger partial charge on any atom is -0.436 e. The Morgan fingerprint density at radius 2 is 2.04 bits per heavy atom. The molecule has 0 aliphatic heterocycles. The molecule has 128 valence electrons. The normalized spacial score (nSPS) is 11.5. The number of aromatic nitrogens is 4. The van der Waals surface area contributed by atoms with E-state index in [9.17, 15) is 5.26 Å². The second-order valence-corrected chi connectivity index (χ2v) is 8.48. The molecule has 0 amide bonds. The van der Waals surface area contributed by atoms with Gasteiger partial charge in [0.2, 0.25) is 5.88 Å². The van der Waals surface area contributed by atoms with Crippen LogP contribution in [0.15, 0.2) is 33.3 Å². The van der Waals surface area contributed by atoms with Crippen LogP contribution in [-0.4, -0.2) is 20.0 Å². The van der Waals surface area contributed by atoms with Crippen LogP contribution in [0, 0.1) is 16.7 Å². The number of benzene rings is 1. The summed E-state index contributed by atoms with van der Waals surface area (Å²) in [7, 11) is 0. The lowest BCUT2D eigenvalue weighted by Gasteiger charge is -2.18. The van der Waals surface area contributed by atoms with Crippen molar-refractivity contribution in [3.05, 3.63) is 38.9 Å². The van der Waals surface area contributed by atoms with Gasteiger partial charge in [0.25, 0.3) is 0 Å². The van der Waals surface area contributed by atoms with Gasteiger partial charge in [-0.15, -0.1) is 5.10 Å². The third-order valence-corrected chi connectivity index (χ3v) is 4.56. The number of nitriles is 1. The molecule has 2 heterocycles. The Bertz CT molecular complexity index is 985. The maximum Gasteiger partial charge on any atom is 0.237 e. The zero-order valence-corrected chi connectivity index (χ0v) is 17.1. The van der Waals surface area contributed by atoms with Crippen LogP contribution in [-0.2, 0) is 6.54 Å². The summed E-state index contributed by atoms with van der Waals surface area (Å²) in [5, 5.41) is 17.7. The third-order valence-electron chi connectivity index (χ3n) is 3.36. The Morgan fingerprint density at radius 3 is 2.72 bits per heavy atom. The molecule has 0 aliphatic carbocycles. The molecule has 0 fully saturated rings. The second kappa shape index (κ2) is 6.73. The van der Waals surface area contributed by atoms with Crippen LogP contribution in [0.3, 0.4) is 0 Å². The van der Waals surface area contributed by atoms with E-state index in [0.29, 0.717) is 21.3 Å². The molecule has 0 aliphatic rings. The van der Waals surface area contributed by atoms with Gasteiger partial charge >= 0.3 is 0 Å². The molecule has 0 bridgehead atoms. The van der Waals surface area contributed by atoms with Gasteiger partial charge in [-0.2, -0.15) is 5.26 Å². The van der Waals surface area contributed by atoms with Gasteiger partial charge in [0.1, 0.15) is 22.9 Å². The first-order valence-electron chi connectivity index (χ1n) is 7.54. The van der Waals surface area contributed by atoms with Crippen molar-refractivity contribution in [2.45, 2.75) is 27.3 Å². The molecule has 6 nitrogen and oxygen atoms in total. The monoisotopic (exact) mass is 463 g/mol. The van der Waals surface area contributed by atoms with Crippen molar-refractivity contribution < 1.29 is 4.74 Å². The second-order valence-electron chi connectivity index (χ2n) is 6.77. The van der Waals surface area contributed by atoms with Crippen molar-refractivity contribution in [2.75, 3.05) is 0 Å². The van der Waals surface area contributed by atoms with Crippen molar-refractivity contribution in [3.8, 4) is 17.7 Å². The average Bonchev–Trinajstić information content (AvgIpc) is 2.93. The highest BCUT2D eigenvalue weighted by Gasteiger charge is 2.18. The predicted octanol–water partition coefficient (Wildman–Crippen LogP) is 5.06. The Morgan fingerprint density at radius 1 is 1.28 bits per heavy atom. The fourth-order valence-electron chi connectivity index (χ4n) is 2.32. The maximum absolute atomic E-state index is 9.25. The molecule has 0 radical (unpaired) electrons. The number of hydrogen-bond acceptors (Lipinski definition) is 5. The van der Waals surface area contributed by atoms with Gasteiger partial charge in [-0.1, -0.05) is 26.0 Å². The molecule has 25 heavy (non-hydrogen) atoms. The van der Waals surface area contributed by atoms with E-state index in [2.05, 4.69) is 74.0 Å². The minimum absolute atomic E-state index is 0.0886. The van der Waals surface area contributed by atoms with Gasteiger partial charge in [-0.3, -0.25) is 0 Å². The zero-order valence-electron chi connectivity index (χ0n) is 13.9. The average molecular weight is 465 g/mol. The molecular formula is C17H15Br2N5O. The van der Waals surface area contributed by atoms with E-state index in [1.807, 2.05) is 16.8 Å². The molecule has 0 saturated carbocycles. The molecule has 0 unspecified atom stereocenters. The van der Waals surface area contributed by atoms with E-state index in [1.54, 1.807) is 12.3 Å². The van der Waals surface area contributed by atoms with Crippen molar-refractivity contribution in [1.29, 1.82) is 5.26 Å². The lowest BCUT2D eigenvalue weighted by Crippen LogP contribution is -2.16. The first kappa shape index (κ1) is 17.8. The van der Waals surface area contributed by atoms with Crippen LogP contribution < -0.4 is 4.74 Å². The van der Waals surface area contributed by atoms with E-state index in [0.717, 1.165) is 16.5 Å². The van der Waals surface area contributed by atoms with E-state index >= 15 is 0 Å². The number of pyridine rings is 1. The number of hydrogen-bond donors (Lipinski definition) is 0. The topological polar surface area (TPSA) is 76.6 Å². The molecule has 0 spiro atoms. The number of halogens is 2. The van der Waals surface area contributed by atoms with Crippen LogP contribution in [0.25, 0.3) is 11.0 Å². The summed E-state index contributed by atoms with van der Waals surface area (Å²) in [6.45, 7) is 7.20. The van der Waals surface area contributed by atoms with Gasteiger partial charge in [0, 0.05) is 17.2 Å². The van der Waals surface area contributed by atoms with Gasteiger partial charge in [0.15, 0.2) is 0 Å². The fourth-order valence-corrected chi connectivity index (χ4v) is 3.15. The summed E-state index contributed by atoms with van der Waals surface area (Å²) >= 11 is 6.83. The maximum atomic E-state index is 9.25. The number of nitrogens with zero attached hydrogens (tertiary/aromatic N) is 5. The van der Waals surface area contributed by atoms with Crippen molar-refractivity contribution in [1.82, 2.24) is 20.0 Å². The molecule has 1 aromatic carbocycles. The summed E-state index contributed by atoms with van der Waals surface area (Å²) in [6, 6.07) is 7.47. The predicted molar refractivity (Wildman–Crippen MR) is 101 cm³/mol. The largest absolute Gasteiger partial charge is 0.436 e. The highest BCUT2D eigenvalue weighted by atomic mass is 79.9. The molecule has 0 N–H and O–H groups in total. The lowest BCUT2D eigenvalue weighted by molar-refractivity contribution is 0.327. The van der Waals surface area contributed by atoms with Crippen LogP contribution >= 0.6 is 31.9 Å². The first-order valence-corrected chi connectivity index (χ1v) is 9.12. The Kier molecular flexibility index (Phi) is 4.80. The van der Waals surface area contributed by atoms with Crippen molar-refractivity contribution >= 4 is 42.9 Å². The summed E-state index contributed by atoms with van der Waals surface area (Å²) in [5.41, 5.74) is 2.05. The standard InChI is InChI=1S/C17H15Br2N5O/c1-17(2,3)9-24-12-4-5-13(14(19)15(12)22-23-24)25-16-10(7-20)6-11(18)8-21-16/h4-6,8H,9H2,1-3H3. The smallest absolute Gasteiger partial charge is 0.237 e.